The number of rotatable bonds is 3. The van der Waals surface area contributed by atoms with Crippen LogP contribution in [0, 0.1) is 0 Å². The smallest absolute Gasteiger partial charge is 0.106 e. The Kier molecular flexibility index (Phi) is 3.76. The van der Waals surface area contributed by atoms with Crippen LogP contribution in [0.3, 0.4) is 0 Å². The van der Waals surface area contributed by atoms with Crippen molar-refractivity contribution in [1.82, 2.24) is 4.98 Å². The number of aliphatic hydroxyl groups is 1. The molecule has 0 aliphatic heterocycles. The molecule has 0 aromatic carbocycles. The van der Waals surface area contributed by atoms with E-state index in [0.717, 1.165) is 5.03 Å². The van der Waals surface area contributed by atoms with Crippen molar-refractivity contribution in [3.63, 3.8) is 0 Å². The highest BCUT2D eigenvalue weighted by molar-refractivity contribution is 8.00. The van der Waals surface area contributed by atoms with Crippen molar-refractivity contribution in [1.29, 1.82) is 0 Å². The Morgan fingerprint density at radius 1 is 1.64 bits per heavy atom. The molecule has 0 fully saturated rings. The molecule has 0 aliphatic rings. The van der Waals surface area contributed by atoms with Gasteiger partial charge in [0.25, 0.3) is 0 Å². The van der Waals surface area contributed by atoms with Gasteiger partial charge in [-0.2, -0.15) is 0 Å². The Hall–Kier alpha value is -0.190. The third kappa shape index (κ3) is 3.65. The summed E-state index contributed by atoms with van der Waals surface area (Å²) in [5.41, 5.74) is -0.568. The summed E-state index contributed by atoms with van der Waals surface area (Å²) < 4.78 is 0. The zero-order chi connectivity index (χ0) is 8.10. The maximum Gasteiger partial charge on any atom is 0.106 e. The number of aromatic nitrogens is 1. The van der Waals surface area contributed by atoms with Crippen LogP contribution in [0.1, 0.15) is 0 Å². The molecule has 60 valence electrons. The fourth-order valence-corrected chi connectivity index (χ4v) is 1.45. The van der Waals surface area contributed by atoms with Gasteiger partial charge in [0, 0.05) is 11.9 Å². The normalized spacial score (nSPS) is 12.9. The van der Waals surface area contributed by atoms with E-state index in [4.69, 9.17) is 5.11 Å². The van der Waals surface area contributed by atoms with Crippen LogP contribution in [-0.2, 0) is 0 Å². The lowest BCUT2D eigenvalue weighted by Crippen LogP contribution is -1.98. The van der Waals surface area contributed by atoms with Crippen molar-refractivity contribution in [3.05, 3.63) is 24.4 Å². The molecule has 1 aromatic rings. The predicted octanol–water partition coefficient (Wildman–Crippen LogP) is 1.42. The van der Waals surface area contributed by atoms with E-state index in [0.29, 0.717) is 5.75 Å². The lowest BCUT2D eigenvalue weighted by molar-refractivity contribution is 0.290. The third-order valence-electron chi connectivity index (χ3n) is 1.02. The second-order valence-corrected chi connectivity index (χ2v) is 3.60. The molecule has 1 heterocycles. The van der Waals surface area contributed by atoms with Crippen LogP contribution in [-0.4, -0.2) is 21.3 Å². The zero-order valence-corrected chi connectivity index (χ0v) is 7.55. The molecule has 11 heavy (non-hydrogen) atoms. The van der Waals surface area contributed by atoms with Crippen LogP contribution in [0.2, 0.25) is 0 Å². The number of hydrogen-bond donors (Lipinski definition) is 2. The molecular formula is C7H9NOS2. The Morgan fingerprint density at radius 2 is 2.45 bits per heavy atom. The molecule has 0 spiro atoms. The molecule has 0 radical (unpaired) electrons. The minimum Gasteiger partial charge on any atom is -0.382 e. The van der Waals surface area contributed by atoms with Crippen molar-refractivity contribution in [2.24, 2.45) is 0 Å². The van der Waals surface area contributed by atoms with Crippen molar-refractivity contribution in [3.8, 4) is 0 Å². The van der Waals surface area contributed by atoms with E-state index in [9.17, 15) is 0 Å². The lowest BCUT2D eigenvalue weighted by atomic mass is 10.5. The second kappa shape index (κ2) is 4.64. The van der Waals surface area contributed by atoms with Gasteiger partial charge in [-0.1, -0.05) is 6.07 Å². The second-order valence-electron chi connectivity index (χ2n) is 1.96. The summed E-state index contributed by atoms with van der Waals surface area (Å²) in [5.74, 6) is 0.570. The van der Waals surface area contributed by atoms with Gasteiger partial charge in [-0.25, -0.2) is 4.98 Å². The van der Waals surface area contributed by atoms with E-state index in [1.807, 2.05) is 18.2 Å². The molecular weight excluding hydrogens is 178 g/mol. The maximum atomic E-state index is 8.83. The summed E-state index contributed by atoms with van der Waals surface area (Å²) in [6.07, 6.45) is 1.73. The van der Waals surface area contributed by atoms with Crippen molar-refractivity contribution in [2.45, 2.75) is 10.5 Å². The zero-order valence-electron chi connectivity index (χ0n) is 5.84. The molecule has 0 bridgehead atoms. The first-order chi connectivity index (χ1) is 5.29. The Balaban J connectivity index is 2.39. The molecule has 0 saturated carbocycles. The number of nitrogens with zero attached hydrogens (tertiary/aromatic N) is 1. The van der Waals surface area contributed by atoms with E-state index >= 15 is 0 Å². The minimum atomic E-state index is -0.568. The van der Waals surface area contributed by atoms with Gasteiger partial charge in [-0.05, 0) is 12.1 Å². The molecule has 1 unspecified atom stereocenters. The van der Waals surface area contributed by atoms with Gasteiger partial charge in [-0.15, -0.1) is 24.4 Å². The van der Waals surface area contributed by atoms with Crippen LogP contribution in [0.4, 0.5) is 0 Å². The third-order valence-corrected chi connectivity index (χ3v) is 2.47. The topological polar surface area (TPSA) is 33.1 Å². The average molecular weight is 187 g/mol. The van der Waals surface area contributed by atoms with Crippen molar-refractivity contribution in [2.75, 3.05) is 5.75 Å². The SMILES string of the molecule is OC(S)CSc1ccccn1. The number of hydrogen-bond acceptors (Lipinski definition) is 4. The summed E-state index contributed by atoms with van der Waals surface area (Å²) in [5, 5.41) is 9.75. The van der Waals surface area contributed by atoms with Gasteiger partial charge in [0.2, 0.25) is 0 Å². The van der Waals surface area contributed by atoms with Gasteiger partial charge in [0.05, 0.1) is 5.03 Å². The molecule has 0 saturated heterocycles. The maximum absolute atomic E-state index is 8.83. The van der Waals surface area contributed by atoms with Crippen LogP contribution < -0.4 is 0 Å². The van der Waals surface area contributed by atoms with E-state index < -0.39 is 5.44 Å². The van der Waals surface area contributed by atoms with E-state index in [2.05, 4.69) is 17.6 Å². The number of thiol groups is 1. The van der Waals surface area contributed by atoms with Crippen LogP contribution in [0.5, 0.6) is 0 Å². The highest BCUT2D eigenvalue weighted by atomic mass is 32.2. The van der Waals surface area contributed by atoms with Gasteiger partial charge >= 0.3 is 0 Å². The molecule has 1 atom stereocenters. The number of pyridine rings is 1. The Morgan fingerprint density at radius 3 is 3.00 bits per heavy atom. The van der Waals surface area contributed by atoms with Gasteiger partial charge in [0.1, 0.15) is 5.44 Å². The van der Waals surface area contributed by atoms with E-state index in [1.54, 1.807) is 6.20 Å². The fourth-order valence-electron chi connectivity index (χ4n) is 0.592. The summed E-state index contributed by atoms with van der Waals surface area (Å²) >= 11 is 5.33. The van der Waals surface area contributed by atoms with Gasteiger partial charge in [0.15, 0.2) is 0 Å². The molecule has 0 amide bonds. The number of aliphatic hydroxyl groups excluding tert-OH is 1. The lowest BCUT2D eigenvalue weighted by Gasteiger charge is -2.00. The quantitative estimate of drug-likeness (QED) is 0.426. The van der Waals surface area contributed by atoms with Crippen LogP contribution >= 0.6 is 24.4 Å². The Labute approximate surface area is 75.5 Å². The first kappa shape index (κ1) is 8.90. The minimum absolute atomic E-state index is 0.568. The summed E-state index contributed by atoms with van der Waals surface area (Å²) in [4.78, 5) is 4.07. The first-order valence-corrected chi connectivity index (χ1v) is 4.69. The number of thioether (sulfide) groups is 1. The van der Waals surface area contributed by atoms with Crippen LogP contribution in [0.25, 0.3) is 0 Å². The highest BCUT2D eigenvalue weighted by Crippen LogP contribution is 2.15. The van der Waals surface area contributed by atoms with E-state index in [-0.39, 0.29) is 0 Å². The first-order valence-electron chi connectivity index (χ1n) is 3.19. The van der Waals surface area contributed by atoms with Crippen LogP contribution in [0.15, 0.2) is 29.4 Å². The van der Waals surface area contributed by atoms with E-state index in [1.165, 1.54) is 11.8 Å². The summed E-state index contributed by atoms with van der Waals surface area (Å²) in [6.45, 7) is 0. The van der Waals surface area contributed by atoms with Crippen molar-refractivity contribution < 1.29 is 5.11 Å². The molecule has 1 rings (SSSR count). The van der Waals surface area contributed by atoms with Crippen molar-refractivity contribution >= 4 is 24.4 Å². The molecule has 2 nitrogen and oxygen atoms in total. The average Bonchev–Trinajstić information content (AvgIpc) is 2.03. The predicted molar refractivity (Wildman–Crippen MR) is 50.0 cm³/mol. The largest absolute Gasteiger partial charge is 0.382 e. The molecule has 4 heteroatoms. The highest BCUT2D eigenvalue weighted by Gasteiger charge is 1.98. The fraction of sp³-hybridized carbons (Fsp3) is 0.286. The summed E-state index contributed by atoms with van der Waals surface area (Å²) in [6, 6.07) is 5.68. The van der Waals surface area contributed by atoms with Gasteiger partial charge < -0.3 is 5.11 Å². The van der Waals surface area contributed by atoms with Gasteiger partial charge in [-0.3, -0.25) is 0 Å². The molecule has 1 N–H and O–H groups in total. The standard InChI is InChI=1S/C7H9NOS2/c9-7(10)5-11-6-3-1-2-4-8-6/h1-4,7,9-10H,5H2. The molecule has 0 aliphatic carbocycles. The monoisotopic (exact) mass is 187 g/mol. The summed E-state index contributed by atoms with van der Waals surface area (Å²) in [7, 11) is 0. The Bertz CT molecular complexity index is 203. The molecule has 1 aromatic heterocycles.